The minimum Gasteiger partial charge on any atom is -0.397 e. The number of hydrogen-bond donors (Lipinski definition) is 4. The van der Waals surface area contributed by atoms with E-state index in [9.17, 15) is 13.0 Å². The first-order chi connectivity index (χ1) is 11.9. The van der Waals surface area contributed by atoms with E-state index in [2.05, 4.69) is 10.6 Å². The molecule has 128 valence electrons. The Hall–Kier alpha value is -3.03. The van der Waals surface area contributed by atoms with Crippen molar-refractivity contribution in [3.05, 3.63) is 72.8 Å². The standard InChI is InChI=1S/C18H17N3O3S/c19-15-11-18(25(22,23)24)17(21-14-9-5-2-6-10-14)12-16(15)20-13-7-3-1-4-8-13/h1-12,20-21H,19H2,(H,22,23,24). The second kappa shape index (κ2) is 6.84. The highest BCUT2D eigenvalue weighted by atomic mass is 32.2. The first kappa shape index (κ1) is 16.8. The molecule has 3 rings (SSSR count). The molecule has 0 aliphatic heterocycles. The molecule has 0 bridgehead atoms. The van der Waals surface area contributed by atoms with Crippen LogP contribution in [0.15, 0.2) is 77.7 Å². The van der Waals surface area contributed by atoms with E-state index in [0.717, 1.165) is 5.69 Å². The summed E-state index contributed by atoms with van der Waals surface area (Å²) in [4.78, 5) is -0.285. The van der Waals surface area contributed by atoms with Crippen LogP contribution in [0.3, 0.4) is 0 Å². The highest BCUT2D eigenvalue weighted by Crippen LogP contribution is 2.34. The number of para-hydroxylation sites is 2. The third-order valence-corrected chi connectivity index (χ3v) is 4.43. The van der Waals surface area contributed by atoms with Gasteiger partial charge in [0.15, 0.2) is 0 Å². The molecular weight excluding hydrogens is 338 g/mol. The maximum absolute atomic E-state index is 11.7. The molecule has 6 nitrogen and oxygen atoms in total. The normalized spacial score (nSPS) is 11.1. The molecule has 0 atom stereocenters. The number of rotatable bonds is 5. The fourth-order valence-corrected chi connectivity index (χ4v) is 3.03. The van der Waals surface area contributed by atoms with Crippen molar-refractivity contribution in [1.82, 2.24) is 0 Å². The van der Waals surface area contributed by atoms with Crippen LogP contribution >= 0.6 is 0 Å². The molecule has 25 heavy (non-hydrogen) atoms. The van der Waals surface area contributed by atoms with Gasteiger partial charge in [-0.3, -0.25) is 4.55 Å². The average Bonchev–Trinajstić information content (AvgIpc) is 2.58. The lowest BCUT2D eigenvalue weighted by Crippen LogP contribution is -2.06. The fourth-order valence-electron chi connectivity index (χ4n) is 2.37. The molecule has 0 saturated heterocycles. The first-order valence-corrected chi connectivity index (χ1v) is 8.92. The average molecular weight is 355 g/mol. The zero-order chi connectivity index (χ0) is 17.9. The van der Waals surface area contributed by atoms with Gasteiger partial charge in [-0.2, -0.15) is 8.42 Å². The topological polar surface area (TPSA) is 104 Å². The summed E-state index contributed by atoms with van der Waals surface area (Å²) in [6, 6.07) is 21.2. The highest BCUT2D eigenvalue weighted by Gasteiger charge is 2.18. The fraction of sp³-hybridized carbons (Fsp3) is 0. The Bertz CT molecular complexity index is 975. The van der Waals surface area contributed by atoms with Crippen LogP contribution in [0.25, 0.3) is 0 Å². The van der Waals surface area contributed by atoms with Gasteiger partial charge in [-0.15, -0.1) is 0 Å². The van der Waals surface area contributed by atoms with E-state index in [4.69, 9.17) is 5.73 Å². The van der Waals surface area contributed by atoms with E-state index in [1.807, 2.05) is 48.5 Å². The maximum Gasteiger partial charge on any atom is 0.296 e. The van der Waals surface area contributed by atoms with Gasteiger partial charge in [0.05, 0.1) is 17.1 Å². The SMILES string of the molecule is Nc1cc(S(=O)(=O)O)c(Nc2ccccc2)cc1Nc1ccccc1. The van der Waals surface area contributed by atoms with Gasteiger partial charge in [0, 0.05) is 11.4 Å². The number of benzene rings is 3. The summed E-state index contributed by atoms with van der Waals surface area (Å²) in [6.07, 6.45) is 0. The number of nitrogen functional groups attached to an aromatic ring is 1. The summed E-state index contributed by atoms with van der Waals surface area (Å²) in [5.41, 5.74) is 8.40. The second-order valence-electron chi connectivity index (χ2n) is 5.39. The molecule has 0 amide bonds. The Morgan fingerprint density at radius 3 is 1.72 bits per heavy atom. The Labute approximate surface area is 146 Å². The van der Waals surface area contributed by atoms with Gasteiger partial charge in [-0.1, -0.05) is 36.4 Å². The maximum atomic E-state index is 11.7. The predicted octanol–water partition coefficient (Wildman–Crippen LogP) is 4.00. The molecule has 0 aromatic heterocycles. The van der Waals surface area contributed by atoms with Crippen LogP contribution in [0, 0.1) is 0 Å². The van der Waals surface area contributed by atoms with Crippen molar-refractivity contribution in [3.8, 4) is 0 Å². The molecular formula is C18H17N3O3S. The van der Waals surface area contributed by atoms with Crippen molar-refractivity contribution in [1.29, 1.82) is 0 Å². The van der Waals surface area contributed by atoms with Crippen LogP contribution < -0.4 is 16.4 Å². The summed E-state index contributed by atoms with van der Waals surface area (Å²) in [7, 11) is -4.44. The molecule has 5 N–H and O–H groups in total. The molecule has 0 saturated carbocycles. The van der Waals surface area contributed by atoms with Gasteiger partial charge >= 0.3 is 0 Å². The second-order valence-corrected chi connectivity index (χ2v) is 6.78. The molecule has 0 heterocycles. The number of nitrogens with one attached hydrogen (secondary N) is 2. The highest BCUT2D eigenvalue weighted by molar-refractivity contribution is 7.86. The van der Waals surface area contributed by atoms with Crippen LogP contribution in [-0.4, -0.2) is 13.0 Å². The molecule has 3 aromatic carbocycles. The summed E-state index contributed by atoms with van der Waals surface area (Å²) in [5, 5.41) is 6.13. The van der Waals surface area contributed by atoms with Gasteiger partial charge in [0.2, 0.25) is 0 Å². The molecule has 7 heteroatoms. The molecule has 0 aliphatic carbocycles. The minimum absolute atomic E-state index is 0.204. The molecule has 0 aliphatic rings. The van der Waals surface area contributed by atoms with Gasteiger partial charge < -0.3 is 16.4 Å². The summed E-state index contributed by atoms with van der Waals surface area (Å²) in [6.45, 7) is 0. The Morgan fingerprint density at radius 2 is 1.24 bits per heavy atom. The third kappa shape index (κ3) is 4.09. The van der Waals surface area contributed by atoms with Crippen LogP contribution in [0.4, 0.5) is 28.4 Å². The van der Waals surface area contributed by atoms with Gasteiger partial charge in [-0.25, -0.2) is 0 Å². The molecule has 0 fully saturated rings. The molecule has 0 unspecified atom stereocenters. The van der Waals surface area contributed by atoms with E-state index in [0.29, 0.717) is 11.4 Å². The lowest BCUT2D eigenvalue weighted by molar-refractivity contribution is 0.483. The van der Waals surface area contributed by atoms with Gasteiger partial charge in [0.1, 0.15) is 4.90 Å². The summed E-state index contributed by atoms with van der Waals surface area (Å²) in [5.74, 6) is 0. The number of anilines is 5. The van der Waals surface area contributed by atoms with Crippen LogP contribution in [0.2, 0.25) is 0 Å². The molecule has 3 aromatic rings. The van der Waals surface area contributed by atoms with E-state index >= 15 is 0 Å². The van der Waals surface area contributed by atoms with Crippen molar-refractivity contribution in [2.75, 3.05) is 16.4 Å². The zero-order valence-corrected chi connectivity index (χ0v) is 14.0. The first-order valence-electron chi connectivity index (χ1n) is 7.48. The van der Waals surface area contributed by atoms with E-state index in [1.54, 1.807) is 18.2 Å². The van der Waals surface area contributed by atoms with Crippen molar-refractivity contribution in [3.63, 3.8) is 0 Å². The van der Waals surface area contributed by atoms with Crippen molar-refractivity contribution < 1.29 is 13.0 Å². The van der Waals surface area contributed by atoms with Crippen LogP contribution in [0.5, 0.6) is 0 Å². The minimum atomic E-state index is -4.44. The van der Waals surface area contributed by atoms with Gasteiger partial charge in [-0.05, 0) is 36.4 Å². The van der Waals surface area contributed by atoms with E-state index < -0.39 is 10.1 Å². The smallest absolute Gasteiger partial charge is 0.296 e. The Kier molecular flexibility index (Phi) is 4.60. The molecule has 0 radical (unpaired) electrons. The lowest BCUT2D eigenvalue weighted by atomic mass is 10.2. The van der Waals surface area contributed by atoms with Crippen LogP contribution in [-0.2, 0) is 10.1 Å². The zero-order valence-electron chi connectivity index (χ0n) is 13.2. The van der Waals surface area contributed by atoms with E-state index in [1.165, 1.54) is 6.07 Å². The quantitative estimate of drug-likeness (QED) is 0.407. The predicted molar refractivity (Wildman–Crippen MR) is 100 cm³/mol. The Morgan fingerprint density at radius 1 is 0.760 bits per heavy atom. The lowest BCUT2D eigenvalue weighted by Gasteiger charge is -2.16. The van der Waals surface area contributed by atoms with E-state index in [-0.39, 0.29) is 16.3 Å². The van der Waals surface area contributed by atoms with Crippen molar-refractivity contribution >= 4 is 38.6 Å². The summed E-state index contributed by atoms with van der Waals surface area (Å²) >= 11 is 0. The van der Waals surface area contributed by atoms with Gasteiger partial charge in [0.25, 0.3) is 10.1 Å². The number of nitrogens with two attached hydrogens (primary N) is 1. The monoisotopic (exact) mass is 355 g/mol. The van der Waals surface area contributed by atoms with Crippen molar-refractivity contribution in [2.24, 2.45) is 0 Å². The third-order valence-electron chi connectivity index (χ3n) is 3.54. The van der Waals surface area contributed by atoms with Crippen molar-refractivity contribution in [2.45, 2.75) is 4.90 Å². The van der Waals surface area contributed by atoms with Crippen LogP contribution in [0.1, 0.15) is 0 Å². The largest absolute Gasteiger partial charge is 0.397 e. The Balaban J connectivity index is 2.05. The summed E-state index contributed by atoms with van der Waals surface area (Å²) < 4.78 is 32.9. The molecule has 0 spiro atoms. The number of hydrogen-bond acceptors (Lipinski definition) is 5.